The first-order valence-corrected chi connectivity index (χ1v) is 7.04. The third kappa shape index (κ3) is 3.88. The number of benzene rings is 2. The molecule has 0 radical (unpaired) electrons. The number of ketones is 1. The van der Waals surface area contributed by atoms with Gasteiger partial charge in [-0.05, 0) is 24.6 Å². The molecular weight excluding hydrogens is 336 g/mol. The van der Waals surface area contributed by atoms with Gasteiger partial charge in [-0.15, -0.1) is 0 Å². The van der Waals surface area contributed by atoms with Crippen LogP contribution in [-0.2, 0) is 0 Å². The summed E-state index contributed by atoms with van der Waals surface area (Å²) >= 11 is 3.31. The molecule has 2 aromatic carbocycles. The van der Waals surface area contributed by atoms with Gasteiger partial charge in [0.2, 0.25) is 0 Å². The minimum Gasteiger partial charge on any atom is -0.377 e. The number of hydrogen-bond donors (Lipinski definition) is 1. The number of nitrogens with one attached hydrogen (secondary N) is 1. The molecule has 0 atom stereocenters. The topological polar surface area (TPSA) is 72.2 Å². The van der Waals surface area contributed by atoms with Gasteiger partial charge >= 0.3 is 0 Å². The third-order valence-corrected chi connectivity index (χ3v) is 3.57. The average molecular weight is 349 g/mol. The van der Waals surface area contributed by atoms with Crippen LogP contribution in [0.25, 0.3) is 0 Å². The molecule has 0 aliphatic heterocycles. The fraction of sp³-hybridized carbons (Fsp3) is 0.133. The Kier molecular flexibility index (Phi) is 4.70. The first kappa shape index (κ1) is 15.2. The first-order valence-electron chi connectivity index (χ1n) is 6.25. The number of non-ortho nitro benzene ring substituents is 1. The van der Waals surface area contributed by atoms with E-state index in [-0.39, 0.29) is 18.0 Å². The van der Waals surface area contributed by atoms with E-state index in [0.29, 0.717) is 11.3 Å². The Morgan fingerprint density at radius 3 is 2.52 bits per heavy atom. The number of nitro benzene ring substituents is 1. The highest BCUT2D eigenvalue weighted by Crippen LogP contribution is 2.21. The summed E-state index contributed by atoms with van der Waals surface area (Å²) < 4.78 is 0.904. The zero-order valence-corrected chi connectivity index (χ0v) is 12.9. The molecule has 0 unspecified atom stereocenters. The van der Waals surface area contributed by atoms with Crippen LogP contribution in [0.3, 0.4) is 0 Å². The lowest BCUT2D eigenvalue weighted by molar-refractivity contribution is -0.384. The van der Waals surface area contributed by atoms with Gasteiger partial charge in [0, 0.05) is 27.9 Å². The lowest BCUT2D eigenvalue weighted by atomic mass is 10.1. The maximum absolute atomic E-state index is 12.0. The summed E-state index contributed by atoms with van der Waals surface area (Å²) in [7, 11) is 0. The molecule has 21 heavy (non-hydrogen) atoms. The highest BCUT2D eigenvalue weighted by Gasteiger charge is 2.10. The Bertz CT molecular complexity index is 684. The van der Waals surface area contributed by atoms with Crippen LogP contribution in [0.1, 0.15) is 15.9 Å². The minimum atomic E-state index is -0.457. The highest BCUT2D eigenvalue weighted by molar-refractivity contribution is 9.10. The number of carbonyl (C=O) groups excluding carboxylic acids is 1. The van der Waals surface area contributed by atoms with Crippen LogP contribution in [0.5, 0.6) is 0 Å². The molecule has 5 nitrogen and oxygen atoms in total. The standard InChI is InChI=1S/C15H13BrN2O3/c1-10-2-7-13(18(20)21)8-14(10)17-9-15(19)11-3-5-12(16)6-4-11/h2-8,17H,9H2,1H3. The molecule has 0 aliphatic carbocycles. The number of hydrogen-bond acceptors (Lipinski definition) is 4. The van der Waals surface area contributed by atoms with Crippen LogP contribution >= 0.6 is 15.9 Å². The van der Waals surface area contributed by atoms with E-state index in [2.05, 4.69) is 21.2 Å². The van der Waals surface area contributed by atoms with E-state index < -0.39 is 4.92 Å². The molecule has 6 heteroatoms. The van der Waals surface area contributed by atoms with Gasteiger partial charge in [0.25, 0.3) is 5.69 Å². The Labute approximate surface area is 130 Å². The number of aryl methyl sites for hydroxylation is 1. The number of carbonyl (C=O) groups is 1. The number of nitrogens with zero attached hydrogens (tertiary/aromatic N) is 1. The van der Waals surface area contributed by atoms with Crippen LogP contribution in [-0.4, -0.2) is 17.3 Å². The van der Waals surface area contributed by atoms with Crippen molar-refractivity contribution in [1.82, 2.24) is 0 Å². The molecule has 0 fully saturated rings. The number of anilines is 1. The Morgan fingerprint density at radius 2 is 1.90 bits per heavy atom. The van der Waals surface area contributed by atoms with Crippen molar-refractivity contribution >= 4 is 33.1 Å². The normalized spacial score (nSPS) is 10.2. The lowest BCUT2D eigenvalue weighted by Crippen LogP contribution is -2.14. The molecule has 2 aromatic rings. The Balaban J connectivity index is 2.09. The van der Waals surface area contributed by atoms with Crippen molar-refractivity contribution in [2.45, 2.75) is 6.92 Å². The van der Waals surface area contributed by atoms with Gasteiger partial charge in [-0.1, -0.05) is 34.1 Å². The predicted octanol–water partition coefficient (Wildman–Crippen LogP) is 3.96. The first-order chi connectivity index (χ1) is 9.97. The van der Waals surface area contributed by atoms with E-state index in [4.69, 9.17) is 0 Å². The molecule has 0 bridgehead atoms. The molecule has 0 spiro atoms. The molecule has 0 aromatic heterocycles. The summed E-state index contributed by atoms with van der Waals surface area (Å²) in [5, 5.41) is 13.7. The number of nitro groups is 1. The van der Waals surface area contributed by atoms with Gasteiger partial charge in [-0.25, -0.2) is 0 Å². The predicted molar refractivity (Wildman–Crippen MR) is 84.8 cm³/mol. The van der Waals surface area contributed by atoms with Gasteiger partial charge in [0.15, 0.2) is 5.78 Å². The van der Waals surface area contributed by atoms with E-state index in [1.807, 2.05) is 6.92 Å². The molecule has 0 aliphatic rings. The number of Topliss-reactive ketones (excluding diaryl/α,β-unsaturated/α-hetero) is 1. The van der Waals surface area contributed by atoms with Crippen molar-refractivity contribution in [3.8, 4) is 0 Å². The van der Waals surface area contributed by atoms with Gasteiger partial charge in [0.05, 0.1) is 11.5 Å². The van der Waals surface area contributed by atoms with Gasteiger partial charge in [-0.2, -0.15) is 0 Å². The fourth-order valence-corrected chi connectivity index (χ4v) is 2.09. The second kappa shape index (κ2) is 6.49. The smallest absolute Gasteiger partial charge is 0.271 e. The molecule has 0 saturated carbocycles. The summed E-state index contributed by atoms with van der Waals surface area (Å²) in [5.74, 6) is -0.0755. The van der Waals surface area contributed by atoms with E-state index in [9.17, 15) is 14.9 Å². The molecule has 0 saturated heterocycles. The molecule has 0 amide bonds. The Hall–Kier alpha value is -2.21. The quantitative estimate of drug-likeness (QED) is 0.504. The fourth-order valence-electron chi connectivity index (χ4n) is 1.83. The van der Waals surface area contributed by atoms with E-state index in [0.717, 1.165) is 10.0 Å². The van der Waals surface area contributed by atoms with Crippen molar-refractivity contribution in [3.63, 3.8) is 0 Å². The summed E-state index contributed by atoms with van der Waals surface area (Å²) in [6.45, 7) is 1.92. The zero-order valence-electron chi connectivity index (χ0n) is 11.3. The number of rotatable bonds is 5. The van der Waals surface area contributed by atoms with Crippen LogP contribution in [0.15, 0.2) is 46.9 Å². The largest absolute Gasteiger partial charge is 0.377 e. The van der Waals surface area contributed by atoms with Crippen LogP contribution < -0.4 is 5.32 Å². The number of halogens is 1. The molecule has 0 heterocycles. The van der Waals surface area contributed by atoms with Crippen molar-refractivity contribution < 1.29 is 9.72 Å². The molecule has 2 rings (SSSR count). The van der Waals surface area contributed by atoms with E-state index in [1.54, 1.807) is 30.3 Å². The van der Waals surface area contributed by atoms with Crippen molar-refractivity contribution in [2.24, 2.45) is 0 Å². The van der Waals surface area contributed by atoms with Crippen molar-refractivity contribution in [2.75, 3.05) is 11.9 Å². The average Bonchev–Trinajstić information content (AvgIpc) is 2.46. The minimum absolute atomic E-state index is 0.000749. The van der Waals surface area contributed by atoms with Crippen LogP contribution in [0, 0.1) is 17.0 Å². The molecule has 108 valence electrons. The summed E-state index contributed by atoms with van der Waals surface area (Å²) in [5.41, 5.74) is 2.03. The van der Waals surface area contributed by atoms with Crippen LogP contribution in [0.2, 0.25) is 0 Å². The van der Waals surface area contributed by atoms with Gasteiger partial charge < -0.3 is 5.32 Å². The van der Waals surface area contributed by atoms with Crippen molar-refractivity contribution in [1.29, 1.82) is 0 Å². The summed E-state index contributed by atoms with van der Waals surface area (Å²) in [6, 6.07) is 11.6. The van der Waals surface area contributed by atoms with Gasteiger partial charge in [0.1, 0.15) is 0 Å². The third-order valence-electron chi connectivity index (χ3n) is 3.04. The molecule has 1 N–H and O–H groups in total. The maximum atomic E-state index is 12.0. The SMILES string of the molecule is Cc1ccc([N+](=O)[O-])cc1NCC(=O)c1ccc(Br)cc1. The lowest BCUT2D eigenvalue weighted by Gasteiger charge is -2.09. The van der Waals surface area contributed by atoms with E-state index in [1.165, 1.54) is 12.1 Å². The molecular formula is C15H13BrN2O3. The highest BCUT2D eigenvalue weighted by atomic mass is 79.9. The maximum Gasteiger partial charge on any atom is 0.271 e. The second-order valence-electron chi connectivity index (χ2n) is 4.54. The van der Waals surface area contributed by atoms with Crippen molar-refractivity contribution in [3.05, 3.63) is 68.2 Å². The Morgan fingerprint density at radius 1 is 1.24 bits per heavy atom. The summed E-state index contributed by atoms with van der Waals surface area (Å²) in [4.78, 5) is 22.4. The van der Waals surface area contributed by atoms with Gasteiger partial charge in [-0.3, -0.25) is 14.9 Å². The zero-order chi connectivity index (χ0) is 15.4. The summed E-state index contributed by atoms with van der Waals surface area (Å²) in [6.07, 6.45) is 0. The second-order valence-corrected chi connectivity index (χ2v) is 5.46. The monoisotopic (exact) mass is 348 g/mol. The van der Waals surface area contributed by atoms with E-state index >= 15 is 0 Å². The van der Waals surface area contributed by atoms with Crippen LogP contribution in [0.4, 0.5) is 11.4 Å².